The molecule has 3 heterocycles. The van der Waals surface area contributed by atoms with E-state index >= 15 is 0 Å². The van der Waals surface area contributed by atoms with E-state index in [2.05, 4.69) is 10.3 Å². The normalized spacial score (nSPS) is 18.1. The fourth-order valence-electron chi connectivity index (χ4n) is 3.36. The first kappa shape index (κ1) is 18.0. The number of nitrogens with one attached hydrogen (secondary N) is 2. The maximum atomic E-state index is 14.7. The smallest absolute Gasteiger partial charge is 0.414 e. The number of ether oxygens (including phenoxy) is 1. The molecule has 0 radical (unpaired) electrons. The number of hydrogen-bond acceptors (Lipinski definition) is 4. The first-order chi connectivity index (χ1) is 13.3. The summed E-state index contributed by atoms with van der Waals surface area (Å²) in [5.41, 5.74) is 0.282. The van der Waals surface area contributed by atoms with Crippen LogP contribution in [-0.2, 0) is 16.1 Å². The van der Waals surface area contributed by atoms with Gasteiger partial charge in [-0.3, -0.25) is 14.3 Å². The summed E-state index contributed by atoms with van der Waals surface area (Å²) in [6.07, 6.45) is 1.64. The SMILES string of the molecule is CC(=O)NC[C@H]1CN(c2cc(F)c(C3=Cc4c[nH]c(=O)n4C3)c(F)c2)C(=O)O1. The molecule has 146 valence electrons. The van der Waals surface area contributed by atoms with Crippen molar-refractivity contribution in [3.63, 3.8) is 0 Å². The number of carbonyl (C=O) groups is 2. The number of rotatable bonds is 4. The van der Waals surface area contributed by atoms with Gasteiger partial charge in [0.15, 0.2) is 0 Å². The van der Waals surface area contributed by atoms with Gasteiger partial charge in [0.2, 0.25) is 5.91 Å². The summed E-state index contributed by atoms with van der Waals surface area (Å²) in [5, 5.41) is 2.53. The topological polar surface area (TPSA) is 96.4 Å². The highest BCUT2D eigenvalue weighted by Crippen LogP contribution is 2.33. The van der Waals surface area contributed by atoms with Crippen molar-refractivity contribution in [3.05, 3.63) is 51.7 Å². The van der Waals surface area contributed by atoms with E-state index in [0.717, 1.165) is 17.0 Å². The average Bonchev–Trinajstić information content (AvgIpc) is 3.29. The Labute approximate surface area is 157 Å². The molecule has 0 bridgehead atoms. The first-order valence-corrected chi connectivity index (χ1v) is 8.54. The summed E-state index contributed by atoms with van der Waals surface area (Å²) < 4.78 is 35.9. The van der Waals surface area contributed by atoms with Crippen LogP contribution in [-0.4, -0.2) is 40.7 Å². The molecule has 1 aromatic carbocycles. The van der Waals surface area contributed by atoms with Crippen molar-refractivity contribution in [2.45, 2.75) is 19.6 Å². The lowest BCUT2D eigenvalue weighted by molar-refractivity contribution is -0.119. The van der Waals surface area contributed by atoms with Gasteiger partial charge in [-0.2, -0.15) is 0 Å². The number of allylic oxidation sites excluding steroid dienone is 1. The molecule has 8 nitrogen and oxygen atoms in total. The van der Waals surface area contributed by atoms with Crippen LogP contribution < -0.4 is 15.9 Å². The number of amides is 2. The third-order valence-electron chi connectivity index (χ3n) is 4.66. The molecule has 2 aliphatic rings. The summed E-state index contributed by atoms with van der Waals surface area (Å²) in [7, 11) is 0. The number of imidazole rings is 1. The van der Waals surface area contributed by atoms with Crippen LogP contribution in [0.15, 0.2) is 23.1 Å². The highest BCUT2D eigenvalue weighted by Gasteiger charge is 2.33. The van der Waals surface area contributed by atoms with Crippen molar-refractivity contribution in [2.24, 2.45) is 0 Å². The van der Waals surface area contributed by atoms with E-state index in [0.29, 0.717) is 11.3 Å². The van der Waals surface area contributed by atoms with Gasteiger partial charge in [-0.25, -0.2) is 18.4 Å². The van der Waals surface area contributed by atoms with Crippen LogP contribution in [0.2, 0.25) is 0 Å². The van der Waals surface area contributed by atoms with E-state index in [4.69, 9.17) is 4.74 Å². The molecule has 4 rings (SSSR count). The second-order valence-corrected chi connectivity index (χ2v) is 6.61. The molecule has 10 heteroatoms. The predicted molar refractivity (Wildman–Crippen MR) is 95.6 cm³/mol. The molecule has 1 atom stereocenters. The van der Waals surface area contributed by atoms with Gasteiger partial charge >= 0.3 is 11.8 Å². The van der Waals surface area contributed by atoms with Gasteiger partial charge in [-0.15, -0.1) is 0 Å². The first-order valence-electron chi connectivity index (χ1n) is 8.54. The predicted octanol–water partition coefficient (Wildman–Crippen LogP) is 1.47. The highest BCUT2D eigenvalue weighted by molar-refractivity contribution is 5.91. The molecule has 0 aliphatic carbocycles. The number of benzene rings is 1. The molecule has 2 aromatic rings. The number of halogens is 2. The molecular weight excluding hydrogens is 374 g/mol. The number of nitrogens with zero attached hydrogens (tertiary/aromatic N) is 2. The fourth-order valence-corrected chi connectivity index (χ4v) is 3.36. The largest absolute Gasteiger partial charge is 0.442 e. The summed E-state index contributed by atoms with van der Waals surface area (Å²) in [6.45, 7) is 1.55. The second kappa shape index (κ2) is 6.63. The van der Waals surface area contributed by atoms with Gasteiger partial charge in [0, 0.05) is 13.1 Å². The maximum absolute atomic E-state index is 14.7. The van der Waals surface area contributed by atoms with Crippen LogP contribution in [0.25, 0.3) is 11.6 Å². The van der Waals surface area contributed by atoms with Crippen LogP contribution in [0, 0.1) is 11.6 Å². The van der Waals surface area contributed by atoms with E-state index in [1.165, 1.54) is 23.8 Å². The maximum Gasteiger partial charge on any atom is 0.414 e. The highest BCUT2D eigenvalue weighted by atomic mass is 19.1. The van der Waals surface area contributed by atoms with Crippen LogP contribution in [0.3, 0.4) is 0 Å². The summed E-state index contributed by atoms with van der Waals surface area (Å²) in [5.74, 6) is -1.96. The molecular formula is C18H16F2N4O4. The molecule has 1 aromatic heterocycles. The summed E-state index contributed by atoms with van der Waals surface area (Å²) in [4.78, 5) is 38.3. The second-order valence-electron chi connectivity index (χ2n) is 6.61. The van der Waals surface area contributed by atoms with Crippen molar-refractivity contribution in [2.75, 3.05) is 18.0 Å². The summed E-state index contributed by atoms with van der Waals surface area (Å²) >= 11 is 0. The van der Waals surface area contributed by atoms with Gasteiger partial charge in [-0.05, 0) is 23.8 Å². The van der Waals surface area contributed by atoms with E-state index in [1.807, 2.05) is 0 Å². The zero-order valence-corrected chi connectivity index (χ0v) is 14.8. The Balaban J connectivity index is 1.58. The standard InChI is InChI=1S/C18H16F2N4O4/c1-9(25)21-6-13-8-24(18(27)28-13)11-3-14(19)16(15(20)4-11)10-2-12-5-22-17(26)23(12)7-10/h2-5,13H,6-8H2,1H3,(H,21,25)(H,22,26)/t13-/m0/s1. The van der Waals surface area contributed by atoms with Crippen molar-refractivity contribution >= 4 is 29.3 Å². The number of anilines is 1. The van der Waals surface area contributed by atoms with Crippen molar-refractivity contribution < 1.29 is 23.1 Å². The molecule has 2 aliphatic heterocycles. The Morgan fingerprint density at radius 2 is 2.04 bits per heavy atom. The lowest BCUT2D eigenvalue weighted by Crippen LogP contribution is -2.33. The lowest BCUT2D eigenvalue weighted by atomic mass is 10.0. The molecule has 2 N–H and O–H groups in total. The van der Waals surface area contributed by atoms with Gasteiger partial charge in [0.25, 0.3) is 0 Å². The Hall–Kier alpha value is -3.43. The number of H-pyrrole nitrogens is 1. The van der Waals surface area contributed by atoms with Crippen molar-refractivity contribution in [1.82, 2.24) is 14.9 Å². The number of aromatic nitrogens is 2. The molecule has 28 heavy (non-hydrogen) atoms. The Morgan fingerprint density at radius 3 is 2.68 bits per heavy atom. The van der Waals surface area contributed by atoms with Crippen LogP contribution in [0.4, 0.5) is 19.3 Å². The van der Waals surface area contributed by atoms with E-state index in [9.17, 15) is 23.2 Å². The van der Waals surface area contributed by atoms with Crippen LogP contribution >= 0.6 is 0 Å². The number of hydrogen-bond donors (Lipinski definition) is 2. The minimum Gasteiger partial charge on any atom is -0.442 e. The number of aromatic amines is 1. The Morgan fingerprint density at radius 1 is 1.32 bits per heavy atom. The average molecular weight is 390 g/mol. The molecule has 0 saturated carbocycles. The van der Waals surface area contributed by atoms with Crippen LogP contribution in [0.5, 0.6) is 0 Å². The molecule has 0 spiro atoms. The van der Waals surface area contributed by atoms with E-state index in [1.54, 1.807) is 0 Å². The fraction of sp³-hybridized carbons (Fsp3) is 0.278. The third kappa shape index (κ3) is 3.06. The summed E-state index contributed by atoms with van der Waals surface area (Å²) in [6, 6.07) is 2.11. The van der Waals surface area contributed by atoms with Crippen molar-refractivity contribution in [1.29, 1.82) is 0 Å². The Bertz CT molecular complexity index is 1050. The zero-order chi connectivity index (χ0) is 20.0. The van der Waals surface area contributed by atoms with E-state index in [-0.39, 0.29) is 42.5 Å². The monoisotopic (exact) mass is 390 g/mol. The minimum absolute atomic E-state index is 0.0186. The lowest BCUT2D eigenvalue weighted by Gasteiger charge is -2.15. The van der Waals surface area contributed by atoms with Gasteiger partial charge in [0.05, 0.1) is 36.6 Å². The molecule has 0 unspecified atom stereocenters. The minimum atomic E-state index is -0.846. The molecule has 1 fully saturated rings. The van der Waals surface area contributed by atoms with Gasteiger partial charge in [0.1, 0.15) is 17.7 Å². The van der Waals surface area contributed by atoms with Crippen molar-refractivity contribution in [3.8, 4) is 0 Å². The number of carbonyl (C=O) groups excluding carboxylic acids is 2. The Kier molecular flexibility index (Phi) is 4.25. The van der Waals surface area contributed by atoms with Crippen LogP contribution in [0.1, 0.15) is 18.2 Å². The number of cyclic esters (lactones) is 1. The zero-order valence-electron chi connectivity index (χ0n) is 14.8. The third-order valence-corrected chi connectivity index (χ3v) is 4.66. The number of fused-ring (bicyclic) bond motifs is 1. The van der Waals surface area contributed by atoms with E-state index < -0.39 is 23.8 Å². The molecule has 2 amide bonds. The van der Waals surface area contributed by atoms with Gasteiger partial charge < -0.3 is 15.0 Å². The molecule has 1 saturated heterocycles. The quantitative estimate of drug-likeness (QED) is 0.826. The van der Waals surface area contributed by atoms with Gasteiger partial charge in [-0.1, -0.05) is 0 Å².